The first-order chi connectivity index (χ1) is 7.25. The molecular weight excluding hydrogens is 188 g/mol. The van der Waals surface area contributed by atoms with Crippen LogP contribution >= 0.6 is 0 Å². The van der Waals surface area contributed by atoms with Crippen LogP contribution in [-0.2, 0) is 4.74 Å². The Morgan fingerprint density at radius 2 is 2.13 bits per heavy atom. The van der Waals surface area contributed by atoms with E-state index in [0.717, 1.165) is 13.2 Å². The standard InChI is InChI=1S/C12H24N2O/c1-14(11-6-5-10(13)8-11)9-12-4-2-3-7-15-12/h10-12H,2-9,13H2,1H3. The fourth-order valence-electron chi connectivity index (χ4n) is 2.81. The van der Waals surface area contributed by atoms with E-state index in [1.807, 2.05) is 0 Å². The highest BCUT2D eigenvalue weighted by Crippen LogP contribution is 2.23. The lowest BCUT2D eigenvalue weighted by Crippen LogP contribution is -2.39. The first kappa shape index (κ1) is 11.4. The van der Waals surface area contributed by atoms with Crippen LogP contribution in [0.4, 0.5) is 0 Å². The zero-order valence-electron chi connectivity index (χ0n) is 9.82. The predicted molar refractivity (Wildman–Crippen MR) is 61.8 cm³/mol. The van der Waals surface area contributed by atoms with Crippen molar-refractivity contribution in [3.63, 3.8) is 0 Å². The largest absolute Gasteiger partial charge is 0.377 e. The van der Waals surface area contributed by atoms with Crippen molar-refractivity contribution in [3.8, 4) is 0 Å². The molecule has 0 bridgehead atoms. The summed E-state index contributed by atoms with van der Waals surface area (Å²) in [5, 5.41) is 0. The first-order valence-electron chi connectivity index (χ1n) is 6.33. The molecule has 1 saturated heterocycles. The van der Waals surface area contributed by atoms with Crippen LogP contribution in [0.2, 0.25) is 0 Å². The first-order valence-corrected chi connectivity index (χ1v) is 6.33. The molecule has 0 radical (unpaired) electrons. The van der Waals surface area contributed by atoms with Gasteiger partial charge in [-0.2, -0.15) is 0 Å². The molecule has 1 aliphatic carbocycles. The van der Waals surface area contributed by atoms with Gasteiger partial charge in [0, 0.05) is 25.2 Å². The lowest BCUT2D eigenvalue weighted by atomic mass is 10.1. The van der Waals surface area contributed by atoms with Gasteiger partial charge >= 0.3 is 0 Å². The average molecular weight is 212 g/mol. The Hall–Kier alpha value is -0.120. The Morgan fingerprint density at radius 1 is 1.27 bits per heavy atom. The smallest absolute Gasteiger partial charge is 0.0702 e. The minimum absolute atomic E-state index is 0.435. The molecule has 2 aliphatic rings. The number of nitrogens with two attached hydrogens (primary N) is 1. The van der Waals surface area contributed by atoms with Crippen molar-refractivity contribution >= 4 is 0 Å². The SMILES string of the molecule is CN(CC1CCCCO1)C1CCC(N)C1. The summed E-state index contributed by atoms with van der Waals surface area (Å²) < 4.78 is 5.76. The summed E-state index contributed by atoms with van der Waals surface area (Å²) >= 11 is 0. The maximum Gasteiger partial charge on any atom is 0.0702 e. The van der Waals surface area contributed by atoms with Gasteiger partial charge < -0.3 is 15.4 Å². The van der Waals surface area contributed by atoms with Crippen molar-refractivity contribution in [3.05, 3.63) is 0 Å². The molecule has 2 rings (SSSR count). The Balaban J connectivity index is 1.73. The summed E-state index contributed by atoms with van der Waals surface area (Å²) in [5.74, 6) is 0. The van der Waals surface area contributed by atoms with E-state index in [-0.39, 0.29) is 0 Å². The van der Waals surface area contributed by atoms with Crippen LogP contribution in [0.3, 0.4) is 0 Å². The molecule has 88 valence electrons. The molecule has 1 saturated carbocycles. The maximum atomic E-state index is 5.94. The van der Waals surface area contributed by atoms with Crippen LogP contribution in [0.15, 0.2) is 0 Å². The Bertz CT molecular complexity index is 192. The van der Waals surface area contributed by atoms with Crippen molar-refractivity contribution in [2.45, 2.75) is 56.7 Å². The molecule has 0 aromatic heterocycles. The zero-order valence-corrected chi connectivity index (χ0v) is 9.82. The van der Waals surface area contributed by atoms with Crippen LogP contribution in [-0.4, -0.2) is 43.3 Å². The summed E-state index contributed by atoms with van der Waals surface area (Å²) in [6, 6.07) is 1.13. The van der Waals surface area contributed by atoms with Gasteiger partial charge in [-0.25, -0.2) is 0 Å². The lowest BCUT2D eigenvalue weighted by Gasteiger charge is -2.31. The van der Waals surface area contributed by atoms with Crippen molar-refractivity contribution in [2.24, 2.45) is 5.73 Å². The fraction of sp³-hybridized carbons (Fsp3) is 1.00. The highest BCUT2D eigenvalue weighted by atomic mass is 16.5. The number of hydrogen-bond donors (Lipinski definition) is 1. The van der Waals surface area contributed by atoms with Crippen LogP contribution < -0.4 is 5.73 Å². The van der Waals surface area contributed by atoms with Gasteiger partial charge in [-0.1, -0.05) is 0 Å². The molecule has 0 amide bonds. The molecule has 3 nitrogen and oxygen atoms in total. The van der Waals surface area contributed by atoms with E-state index in [1.165, 1.54) is 38.5 Å². The van der Waals surface area contributed by atoms with Crippen LogP contribution in [0.1, 0.15) is 38.5 Å². The Labute approximate surface area is 93.0 Å². The third-order valence-electron chi connectivity index (χ3n) is 3.83. The second-order valence-corrected chi connectivity index (χ2v) is 5.16. The molecule has 1 aliphatic heterocycles. The molecule has 3 unspecified atom stereocenters. The lowest BCUT2D eigenvalue weighted by molar-refractivity contribution is -0.00777. The predicted octanol–water partition coefficient (Wildman–Crippen LogP) is 1.37. The van der Waals surface area contributed by atoms with E-state index in [0.29, 0.717) is 18.2 Å². The molecule has 1 heterocycles. The van der Waals surface area contributed by atoms with E-state index in [1.54, 1.807) is 0 Å². The minimum Gasteiger partial charge on any atom is -0.377 e. The average Bonchev–Trinajstić information content (AvgIpc) is 2.66. The molecule has 0 aromatic carbocycles. The molecule has 3 heteroatoms. The van der Waals surface area contributed by atoms with Gasteiger partial charge in [-0.15, -0.1) is 0 Å². The molecule has 2 N–H and O–H groups in total. The van der Waals surface area contributed by atoms with E-state index in [9.17, 15) is 0 Å². The monoisotopic (exact) mass is 212 g/mol. The van der Waals surface area contributed by atoms with Crippen LogP contribution in [0.25, 0.3) is 0 Å². The van der Waals surface area contributed by atoms with Gasteiger partial charge in [0.15, 0.2) is 0 Å². The number of ether oxygens (including phenoxy) is 1. The summed E-state index contributed by atoms with van der Waals surface area (Å²) in [6.07, 6.45) is 7.93. The molecule has 3 atom stereocenters. The van der Waals surface area contributed by atoms with Gasteiger partial charge in [0.05, 0.1) is 6.10 Å². The molecule has 0 spiro atoms. The fourth-order valence-corrected chi connectivity index (χ4v) is 2.81. The Kier molecular flexibility index (Phi) is 4.00. The van der Waals surface area contributed by atoms with Crippen LogP contribution in [0.5, 0.6) is 0 Å². The van der Waals surface area contributed by atoms with Gasteiger partial charge in [0.25, 0.3) is 0 Å². The van der Waals surface area contributed by atoms with E-state index in [4.69, 9.17) is 10.5 Å². The van der Waals surface area contributed by atoms with Gasteiger partial charge in [-0.3, -0.25) is 0 Å². The van der Waals surface area contributed by atoms with Gasteiger partial charge in [-0.05, 0) is 45.6 Å². The van der Waals surface area contributed by atoms with E-state index in [2.05, 4.69) is 11.9 Å². The zero-order chi connectivity index (χ0) is 10.7. The summed E-state index contributed by atoms with van der Waals surface area (Å²) in [7, 11) is 2.22. The van der Waals surface area contributed by atoms with Crippen molar-refractivity contribution in [1.82, 2.24) is 4.90 Å². The minimum atomic E-state index is 0.435. The second kappa shape index (κ2) is 5.28. The maximum absolute atomic E-state index is 5.94. The molecular formula is C12H24N2O. The van der Waals surface area contributed by atoms with Gasteiger partial charge in [0.2, 0.25) is 0 Å². The van der Waals surface area contributed by atoms with Crippen molar-refractivity contribution in [2.75, 3.05) is 20.2 Å². The number of hydrogen-bond acceptors (Lipinski definition) is 3. The third-order valence-corrected chi connectivity index (χ3v) is 3.83. The number of likely N-dealkylation sites (N-methyl/N-ethyl adjacent to an activating group) is 1. The molecule has 15 heavy (non-hydrogen) atoms. The normalized spacial score (nSPS) is 37.4. The van der Waals surface area contributed by atoms with E-state index < -0.39 is 0 Å². The highest BCUT2D eigenvalue weighted by Gasteiger charge is 2.27. The van der Waals surface area contributed by atoms with Crippen LogP contribution in [0, 0.1) is 0 Å². The van der Waals surface area contributed by atoms with E-state index >= 15 is 0 Å². The summed E-state index contributed by atoms with van der Waals surface area (Å²) in [5.41, 5.74) is 5.94. The highest BCUT2D eigenvalue weighted by molar-refractivity contribution is 4.84. The molecule has 0 aromatic rings. The van der Waals surface area contributed by atoms with Crippen molar-refractivity contribution in [1.29, 1.82) is 0 Å². The number of rotatable bonds is 3. The second-order valence-electron chi connectivity index (χ2n) is 5.16. The third kappa shape index (κ3) is 3.16. The topological polar surface area (TPSA) is 38.5 Å². The summed E-state index contributed by atoms with van der Waals surface area (Å²) in [4.78, 5) is 2.46. The summed E-state index contributed by atoms with van der Waals surface area (Å²) in [6.45, 7) is 2.06. The molecule has 2 fully saturated rings. The van der Waals surface area contributed by atoms with Gasteiger partial charge in [0.1, 0.15) is 0 Å². The van der Waals surface area contributed by atoms with Crippen molar-refractivity contribution < 1.29 is 4.74 Å². The number of nitrogens with zero attached hydrogens (tertiary/aromatic N) is 1. The Morgan fingerprint density at radius 3 is 2.73 bits per heavy atom. The quantitative estimate of drug-likeness (QED) is 0.768.